The van der Waals surface area contributed by atoms with Gasteiger partial charge in [0.1, 0.15) is 0 Å². The van der Waals surface area contributed by atoms with E-state index in [9.17, 15) is 4.79 Å². The number of hydrogen-bond donors (Lipinski definition) is 0. The van der Waals surface area contributed by atoms with Crippen LogP contribution in [0.25, 0.3) is 0 Å². The van der Waals surface area contributed by atoms with Gasteiger partial charge in [0.25, 0.3) is 14.3 Å². The van der Waals surface area contributed by atoms with E-state index < -0.39 is 8.32 Å². The van der Waals surface area contributed by atoms with Gasteiger partial charge in [-0.25, -0.2) is 0 Å². The molecule has 0 spiro atoms. The molecule has 0 amide bonds. The number of rotatable bonds is 9. The van der Waals surface area contributed by atoms with E-state index in [1.54, 1.807) is 0 Å². The number of carbonyl (C=O) groups excluding carboxylic acids is 1. The minimum Gasteiger partial charge on any atom is -0.519 e. The molecule has 0 bridgehead atoms. The third kappa shape index (κ3) is 8.69. The van der Waals surface area contributed by atoms with Gasteiger partial charge >= 0.3 is 0 Å². The largest absolute Gasteiger partial charge is 0.519 e. The molecule has 0 atom stereocenters. The van der Waals surface area contributed by atoms with Crippen LogP contribution in [0.2, 0.25) is 18.1 Å². The first-order valence-electron chi connectivity index (χ1n) is 7.48. The zero-order chi connectivity index (χ0) is 15.1. The predicted molar refractivity (Wildman–Crippen MR) is 86.1 cm³/mol. The molecule has 0 saturated carbocycles. The van der Waals surface area contributed by atoms with Crippen molar-refractivity contribution < 1.29 is 9.22 Å². The maximum Gasteiger partial charge on any atom is 0.293 e. The Morgan fingerprint density at radius 3 is 1.58 bits per heavy atom. The Balaban J connectivity index is 5.03. The second-order valence-corrected chi connectivity index (χ2v) is 11.1. The van der Waals surface area contributed by atoms with E-state index in [1.807, 2.05) is 0 Å². The highest BCUT2D eigenvalue weighted by Crippen LogP contribution is 2.33. The zero-order valence-electron chi connectivity index (χ0n) is 13.5. The molecule has 19 heavy (non-hydrogen) atoms. The van der Waals surface area contributed by atoms with Crippen LogP contribution in [0, 0.1) is 17.8 Å². The van der Waals surface area contributed by atoms with Crippen molar-refractivity contribution in [3.05, 3.63) is 0 Å². The van der Waals surface area contributed by atoms with Gasteiger partial charge in [0.15, 0.2) is 0 Å². The van der Waals surface area contributed by atoms with Crippen molar-refractivity contribution >= 4 is 25.9 Å². The summed E-state index contributed by atoms with van der Waals surface area (Å²) in [4.78, 5) is 11.9. The summed E-state index contributed by atoms with van der Waals surface area (Å²) >= 11 is 5.66. The molecular weight excluding hydrogens is 276 g/mol. The zero-order valence-corrected chi connectivity index (χ0v) is 15.2. The first-order valence-corrected chi connectivity index (χ1v) is 10.5. The lowest BCUT2D eigenvalue weighted by Crippen LogP contribution is -2.44. The summed E-state index contributed by atoms with van der Waals surface area (Å²) in [5.74, 6) is 1.99. The number of hydrogen-bond acceptors (Lipinski definition) is 2. The van der Waals surface area contributed by atoms with Crippen LogP contribution in [0.1, 0.15) is 48.0 Å². The predicted octanol–water partition coefficient (Wildman–Crippen LogP) is 5.07. The summed E-state index contributed by atoms with van der Waals surface area (Å²) in [5, 5.41) is 0. The fourth-order valence-electron chi connectivity index (χ4n) is 2.98. The van der Waals surface area contributed by atoms with E-state index in [4.69, 9.17) is 16.0 Å². The molecule has 114 valence electrons. The minimum atomic E-state index is -1.99. The molecule has 0 saturated heterocycles. The molecule has 0 aromatic rings. The van der Waals surface area contributed by atoms with Crippen LogP contribution >= 0.6 is 11.6 Å². The SMILES string of the molecule is CC(C)C[Si](CC(C)C)(CC(C)C)OC(=O)CCCl. The highest BCUT2D eigenvalue weighted by Gasteiger charge is 2.40. The molecule has 0 radical (unpaired) electrons. The van der Waals surface area contributed by atoms with Crippen LogP contribution in [0.5, 0.6) is 0 Å². The fraction of sp³-hybridized carbons (Fsp3) is 0.933. The smallest absolute Gasteiger partial charge is 0.293 e. The summed E-state index contributed by atoms with van der Waals surface area (Å²) in [6, 6.07) is 3.20. The number of carbonyl (C=O) groups is 1. The Kier molecular flexibility index (Phi) is 9.00. The molecule has 0 unspecified atom stereocenters. The first-order chi connectivity index (χ1) is 8.70. The van der Waals surface area contributed by atoms with Gasteiger partial charge in [0.2, 0.25) is 0 Å². The standard InChI is InChI=1S/C15H31ClO2Si/c1-12(2)9-19(10-13(3)4,11-14(5)6)18-15(17)7-8-16/h12-14H,7-11H2,1-6H3. The van der Waals surface area contributed by atoms with Crippen LogP contribution in [-0.2, 0) is 9.22 Å². The maximum absolute atomic E-state index is 11.9. The molecule has 0 aliphatic rings. The van der Waals surface area contributed by atoms with Gasteiger partial charge in [-0.15, -0.1) is 11.6 Å². The molecule has 0 aliphatic heterocycles. The quantitative estimate of drug-likeness (QED) is 0.439. The van der Waals surface area contributed by atoms with Gasteiger partial charge in [0, 0.05) is 5.88 Å². The third-order valence-electron chi connectivity index (χ3n) is 2.97. The van der Waals surface area contributed by atoms with Crippen LogP contribution in [0.15, 0.2) is 0 Å². The molecule has 0 heterocycles. The maximum atomic E-state index is 11.9. The molecular formula is C15H31ClO2Si. The van der Waals surface area contributed by atoms with Gasteiger partial charge in [-0.2, -0.15) is 0 Å². The van der Waals surface area contributed by atoms with Crippen LogP contribution in [0.4, 0.5) is 0 Å². The monoisotopic (exact) mass is 306 g/mol. The summed E-state index contributed by atoms with van der Waals surface area (Å²) in [6.45, 7) is 13.3. The Bertz CT molecular complexity index is 238. The molecule has 0 aromatic carbocycles. The summed E-state index contributed by atoms with van der Waals surface area (Å²) < 4.78 is 6.03. The summed E-state index contributed by atoms with van der Waals surface area (Å²) in [6.07, 6.45) is 0.338. The van der Waals surface area contributed by atoms with Crippen LogP contribution in [0.3, 0.4) is 0 Å². The Morgan fingerprint density at radius 1 is 0.947 bits per heavy atom. The first kappa shape index (κ1) is 19.0. The summed E-state index contributed by atoms with van der Waals surface area (Å²) in [5.41, 5.74) is 0. The van der Waals surface area contributed by atoms with Crippen LogP contribution < -0.4 is 0 Å². The number of halogens is 1. The Labute approximate surface area is 125 Å². The van der Waals surface area contributed by atoms with E-state index in [1.165, 1.54) is 0 Å². The van der Waals surface area contributed by atoms with E-state index in [0.717, 1.165) is 18.1 Å². The van der Waals surface area contributed by atoms with Crippen molar-refractivity contribution in [3.63, 3.8) is 0 Å². The second-order valence-electron chi connectivity index (χ2n) is 6.89. The lowest BCUT2D eigenvalue weighted by molar-refractivity contribution is -0.135. The molecule has 0 N–H and O–H groups in total. The molecule has 0 aromatic heterocycles. The van der Waals surface area contributed by atoms with Crippen molar-refractivity contribution in [1.82, 2.24) is 0 Å². The van der Waals surface area contributed by atoms with E-state index >= 15 is 0 Å². The van der Waals surface area contributed by atoms with Gasteiger partial charge in [-0.1, -0.05) is 41.5 Å². The normalized spacial score (nSPS) is 12.5. The van der Waals surface area contributed by atoms with E-state index in [2.05, 4.69) is 41.5 Å². The molecule has 4 heteroatoms. The van der Waals surface area contributed by atoms with E-state index in [0.29, 0.717) is 30.1 Å². The Hall–Kier alpha value is -0.0231. The molecule has 2 nitrogen and oxygen atoms in total. The number of alkyl halides is 1. The van der Waals surface area contributed by atoms with Gasteiger partial charge < -0.3 is 4.43 Å². The van der Waals surface area contributed by atoms with Gasteiger partial charge in [-0.3, -0.25) is 4.79 Å². The fourth-order valence-corrected chi connectivity index (χ4v) is 8.93. The molecule has 0 fully saturated rings. The lowest BCUT2D eigenvalue weighted by Gasteiger charge is -2.35. The average molecular weight is 307 g/mol. The van der Waals surface area contributed by atoms with Crippen LogP contribution in [-0.4, -0.2) is 20.2 Å². The highest BCUT2D eigenvalue weighted by molar-refractivity contribution is 6.75. The minimum absolute atomic E-state index is 0.0939. The highest BCUT2D eigenvalue weighted by atomic mass is 35.5. The lowest BCUT2D eigenvalue weighted by atomic mass is 10.2. The van der Waals surface area contributed by atoms with Crippen molar-refractivity contribution in [3.8, 4) is 0 Å². The average Bonchev–Trinajstić information content (AvgIpc) is 2.12. The van der Waals surface area contributed by atoms with Crippen molar-refractivity contribution in [2.75, 3.05) is 5.88 Å². The molecule has 0 rings (SSSR count). The topological polar surface area (TPSA) is 26.3 Å². The third-order valence-corrected chi connectivity index (χ3v) is 8.50. The van der Waals surface area contributed by atoms with Crippen molar-refractivity contribution in [2.45, 2.75) is 66.1 Å². The van der Waals surface area contributed by atoms with Gasteiger partial charge in [-0.05, 0) is 35.9 Å². The van der Waals surface area contributed by atoms with Crippen molar-refractivity contribution in [1.29, 1.82) is 0 Å². The van der Waals surface area contributed by atoms with Gasteiger partial charge in [0.05, 0.1) is 6.42 Å². The molecule has 0 aliphatic carbocycles. The summed E-state index contributed by atoms with van der Waals surface area (Å²) in [7, 11) is -1.99. The Morgan fingerprint density at radius 2 is 1.32 bits per heavy atom. The van der Waals surface area contributed by atoms with E-state index in [-0.39, 0.29) is 5.97 Å². The van der Waals surface area contributed by atoms with Crippen molar-refractivity contribution in [2.24, 2.45) is 17.8 Å². The second kappa shape index (κ2) is 9.01.